The third-order valence-corrected chi connectivity index (χ3v) is 4.74. The minimum atomic E-state index is -0.140. The molecule has 1 fully saturated rings. The number of aromatic nitrogens is 2. The smallest absolute Gasteiger partial charge is 0.251 e. The first-order chi connectivity index (χ1) is 10.5. The Bertz CT molecular complexity index is 744. The summed E-state index contributed by atoms with van der Waals surface area (Å²) in [6.07, 6.45) is 2.18. The number of halogens is 2. The number of likely N-dealkylation sites (N-methyl/N-ethyl adjacent to an activating group) is 1. The van der Waals surface area contributed by atoms with Crippen LogP contribution in [0.15, 0.2) is 29.1 Å². The summed E-state index contributed by atoms with van der Waals surface area (Å²) in [6.45, 7) is 2.02. The van der Waals surface area contributed by atoms with Gasteiger partial charge in [-0.05, 0) is 44.6 Å². The van der Waals surface area contributed by atoms with Crippen molar-refractivity contribution >= 4 is 23.2 Å². The van der Waals surface area contributed by atoms with Crippen molar-refractivity contribution in [2.45, 2.75) is 18.8 Å². The van der Waals surface area contributed by atoms with Crippen molar-refractivity contribution in [2.75, 3.05) is 20.1 Å². The lowest BCUT2D eigenvalue weighted by Gasteiger charge is -2.29. The molecule has 0 radical (unpaired) electrons. The number of benzene rings is 1. The van der Waals surface area contributed by atoms with Crippen LogP contribution in [0.2, 0.25) is 10.0 Å². The van der Waals surface area contributed by atoms with Gasteiger partial charge in [-0.2, -0.15) is 0 Å². The van der Waals surface area contributed by atoms with E-state index in [0.29, 0.717) is 21.8 Å². The number of nitrogens with zero attached hydrogens (tertiary/aromatic N) is 2. The van der Waals surface area contributed by atoms with Crippen LogP contribution in [0, 0.1) is 0 Å². The molecule has 0 bridgehead atoms. The predicted octanol–water partition coefficient (Wildman–Crippen LogP) is 3.55. The van der Waals surface area contributed by atoms with Crippen molar-refractivity contribution < 1.29 is 0 Å². The van der Waals surface area contributed by atoms with E-state index in [1.807, 2.05) is 6.07 Å². The molecule has 116 valence electrons. The molecule has 0 aliphatic carbocycles. The maximum Gasteiger partial charge on any atom is 0.251 e. The lowest BCUT2D eigenvalue weighted by Crippen LogP contribution is -2.31. The zero-order valence-corrected chi connectivity index (χ0v) is 13.8. The minimum Gasteiger partial charge on any atom is -0.307 e. The third-order valence-electron chi connectivity index (χ3n) is 4.00. The zero-order valence-electron chi connectivity index (χ0n) is 12.3. The fraction of sp³-hybridized carbons (Fsp3) is 0.375. The number of piperidine rings is 1. The van der Waals surface area contributed by atoms with Gasteiger partial charge in [0.15, 0.2) is 0 Å². The van der Waals surface area contributed by atoms with Crippen LogP contribution >= 0.6 is 23.2 Å². The number of hydrogen-bond donors (Lipinski definition) is 1. The highest BCUT2D eigenvalue weighted by Crippen LogP contribution is 2.28. The monoisotopic (exact) mass is 337 g/mol. The third kappa shape index (κ3) is 3.35. The van der Waals surface area contributed by atoms with Crippen molar-refractivity contribution in [3.05, 3.63) is 50.4 Å². The van der Waals surface area contributed by atoms with Crippen molar-refractivity contribution in [1.82, 2.24) is 14.9 Å². The standard InChI is InChI=1S/C16H17Cl2N3O/c1-21-6-2-3-11(9-21)14-8-15(22)20-16(19-14)10-4-5-12(17)13(18)7-10/h4-5,7-8,11H,2-3,6,9H2,1H3,(H,19,20,22)/t11-/m1/s1. The number of hydrogen-bond acceptors (Lipinski definition) is 3. The molecule has 4 nitrogen and oxygen atoms in total. The average Bonchev–Trinajstić information content (AvgIpc) is 2.49. The molecule has 1 aliphatic heterocycles. The van der Waals surface area contributed by atoms with Gasteiger partial charge in [0.1, 0.15) is 5.82 Å². The van der Waals surface area contributed by atoms with Crippen molar-refractivity contribution in [2.24, 2.45) is 0 Å². The molecule has 1 aliphatic rings. The number of H-pyrrole nitrogens is 1. The topological polar surface area (TPSA) is 49.0 Å². The summed E-state index contributed by atoms with van der Waals surface area (Å²) in [7, 11) is 2.10. The number of rotatable bonds is 2. The summed E-state index contributed by atoms with van der Waals surface area (Å²) < 4.78 is 0. The van der Waals surface area contributed by atoms with Crippen molar-refractivity contribution in [3.63, 3.8) is 0 Å². The first-order valence-electron chi connectivity index (χ1n) is 7.28. The van der Waals surface area contributed by atoms with Gasteiger partial charge in [-0.15, -0.1) is 0 Å². The van der Waals surface area contributed by atoms with E-state index in [4.69, 9.17) is 23.2 Å². The van der Waals surface area contributed by atoms with Gasteiger partial charge in [-0.1, -0.05) is 23.2 Å². The molecule has 0 spiro atoms. The molecule has 3 rings (SSSR count). The molecular weight excluding hydrogens is 321 g/mol. The van der Waals surface area contributed by atoms with Gasteiger partial charge in [0.25, 0.3) is 5.56 Å². The molecular formula is C16H17Cl2N3O. The maximum absolute atomic E-state index is 12.0. The van der Waals surface area contributed by atoms with Gasteiger partial charge >= 0.3 is 0 Å². The van der Waals surface area contributed by atoms with Gasteiger partial charge in [-0.3, -0.25) is 4.79 Å². The van der Waals surface area contributed by atoms with Gasteiger partial charge in [-0.25, -0.2) is 4.98 Å². The van der Waals surface area contributed by atoms with E-state index in [9.17, 15) is 4.79 Å². The zero-order chi connectivity index (χ0) is 15.7. The highest BCUT2D eigenvalue weighted by Gasteiger charge is 2.21. The van der Waals surface area contributed by atoms with Gasteiger partial charge in [0.05, 0.1) is 15.7 Å². The Morgan fingerprint density at radius 2 is 2.09 bits per heavy atom. The highest BCUT2D eigenvalue weighted by molar-refractivity contribution is 6.42. The van der Waals surface area contributed by atoms with Gasteiger partial charge in [0, 0.05) is 24.1 Å². The molecule has 22 heavy (non-hydrogen) atoms. The predicted molar refractivity (Wildman–Crippen MR) is 89.8 cm³/mol. The lowest BCUT2D eigenvalue weighted by molar-refractivity contribution is 0.248. The highest BCUT2D eigenvalue weighted by atomic mass is 35.5. The quantitative estimate of drug-likeness (QED) is 0.911. The first kappa shape index (κ1) is 15.5. The summed E-state index contributed by atoms with van der Waals surface area (Å²) in [6, 6.07) is 6.84. The minimum absolute atomic E-state index is 0.140. The van der Waals surface area contributed by atoms with Crippen LogP contribution in [0.1, 0.15) is 24.5 Å². The number of aromatic amines is 1. The van der Waals surface area contributed by atoms with Crippen LogP contribution in [-0.2, 0) is 0 Å². The molecule has 0 saturated carbocycles. The first-order valence-corrected chi connectivity index (χ1v) is 8.04. The Morgan fingerprint density at radius 1 is 1.27 bits per heavy atom. The second kappa shape index (κ2) is 6.41. The van der Waals surface area contributed by atoms with E-state index in [1.54, 1.807) is 18.2 Å². The summed E-state index contributed by atoms with van der Waals surface area (Å²) in [5.74, 6) is 0.830. The normalized spacial score (nSPS) is 19.3. The molecule has 1 N–H and O–H groups in total. The van der Waals surface area contributed by atoms with E-state index in [0.717, 1.165) is 37.2 Å². The van der Waals surface area contributed by atoms with Crippen LogP contribution in [0.5, 0.6) is 0 Å². The molecule has 0 unspecified atom stereocenters. The van der Waals surface area contributed by atoms with Gasteiger partial charge < -0.3 is 9.88 Å². The van der Waals surface area contributed by atoms with E-state index in [-0.39, 0.29) is 5.56 Å². The lowest BCUT2D eigenvalue weighted by atomic mass is 9.95. The molecule has 1 aromatic carbocycles. The summed E-state index contributed by atoms with van der Waals surface area (Å²) >= 11 is 12.0. The second-order valence-corrected chi connectivity index (χ2v) is 6.56. The Balaban J connectivity index is 1.99. The number of likely N-dealkylation sites (tertiary alicyclic amines) is 1. The Hall–Kier alpha value is -1.36. The average molecular weight is 338 g/mol. The molecule has 6 heteroatoms. The summed E-state index contributed by atoms with van der Waals surface area (Å²) in [5, 5.41) is 0.933. The Kier molecular flexibility index (Phi) is 4.52. The Labute approximate surface area is 139 Å². The fourth-order valence-corrected chi connectivity index (χ4v) is 3.17. The molecule has 1 saturated heterocycles. The van der Waals surface area contributed by atoms with Crippen LogP contribution in [0.4, 0.5) is 0 Å². The van der Waals surface area contributed by atoms with Crippen LogP contribution in [0.25, 0.3) is 11.4 Å². The largest absolute Gasteiger partial charge is 0.307 e. The van der Waals surface area contributed by atoms with Crippen molar-refractivity contribution in [1.29, 1.82) is 0 Å². The summed E-state index contributed by atoms with van der Waals surface area (Å²) in [5.41, 5.74) is 1.47. The SMILES string of the molecule is CN1CCC[C@@H](c2cc(=O)[nH]c(-c3ccc(Cl)c(Cl)c3)n2)C1. The van der Waals surface area contributed by atoms with Crippen LogP contribution < -0.4 is 5.56 Å². The van der Waals surface area contributed by atoms with E-state index in [2.05, 4.69) is 21.9 Å². The Morgan fingerprint density at radius 3 is 2.82 bits per heavy atom. The van der Waals surface area contributed by atoms with E-state index < -0.39 is 0 Å². The molecule has 2 aromatic rings. The second-order valence-electron chi connectivity index (χ2n) is 5.75. The van der Waals surface area contributed by atoms with Crippen LogP contribution in [0.3, 0.4) is 0 Å². The molecule has 1 atom stereocenters. The van der Waals surface area contributed by atoms with E-state index in [1.165, 1.54) is 0 Å². The van der Waals surface area contributed by atoms with E-state index >= 15 is 0 Å². The maximum atomic E-state index is 12.0. The van der Waals surface area contributed by atoms with Crippen LogP contribution in [-0.4, -0.2) is 35.0 Å². The number of nitrogens with one attached hydrogen (secondary N) is 1. The molecule has 0 amide bonds. The van der Waals surface area contributed by atoms with Gasteiger partial charge in [0.2, 0.25) is 0 Å². The molecule has 1 aromatic heterocycles. The van der Waals surface area contributed by atoms with Crippen molar-refractivity contribution in [3.8, 4) is 11.4 Å². The fourth-order valence-electron chi connectivity index (χ4n) is 2.87. The molecule has 2 heterocycles. The summed E-state index contributed by atoms with van der Waals surface area (Å²) in [4.78, 5) is 21.7.